The Morgan fingerprint density at radius 1 is 0.857 bits per heavy atom. The summed E-state index contributed by atoms with van der Waals surface area (Å²) in [7, 11) is -8.80. The van der Waals surface area contributed by atoms with Gasteiger partial charge in [0, 0.05) is 12.1 Å². The Hall–Kier alpha value is -4.04. The first-order chi connectivity index (χ1) is 19.2. The number of nitrogen functional groups attached to an aromatic ring is 1. The van der Waals surface area contributed by atoms with Crippen molar-refractivity contribution in [1.82, 2.24) is 0 Å². The minimum Gasteiger partial charge on any atom is -0.505 e. The van der Waals surface area contributed by atoms with Crippen molar-refractivity contribution in [1.29, 1.82) is 0 Å². The summed E-state index contributed by atoms with van der Waals surface area (Å²) in [5.74, 6) is -0.684. The number of nitro groups is 1. The summed E-state index contributed by atoms with van der Waals surface area (Å²) in [6.07, 6.45) is 0. The monoisotopic (exact) mass is 625 g/mol. The fraction of sp³-hybridized carbons (Fsp3) is 0.0435. The Labute approximate surface area is 259 Å². The van der Waals surface area contributed by atoms with Crippen molar-refractivity contribution in [3.63, 3.8) is 0 Å². The molecule has 5 N–H and O–H groups in total. The van der Waals surface area contributed by atoms with E-state index in [1.807, 2.05) is 0 Å². The Morgan fingerprint density at radius 3 is 1.95 bits per heavy atom. The van der Waals surface area contributed by atoms with Crippen LogP contribution in [0.2, 0.25) is 0 Å². The first kappa shape index (κ1) is 32.5. The molecule has 0 fully saturated rings. The van der Waals surface area contributed by atoms with Crippen LogP contribution in [0.5, 0.6) is 11.5 Å². The number of nitro benzene ring substituents is 1. The number of fused-ring (bicyclic) bond motifs is 1. The second kappa shape index (κ2) is 12.4. The summed E-state index contributed by atoms with van der Waals surface area (Å²) in [4.78, 5) is 8.34. The van der Waals surface area contributed by atoms with Crippen LogP contribution >= 0.6 is 0 Å². The van der Waals surface area contributed by atoms with E-state index in [1.54, 1.807) is 12.1 Å². The van der Waals surface area contributed by atoms with Crippen molar-refractivity contribution >= 4 is 65.1 Å². The van der Waals surface area contributed by atoms with Gasteiger partial charge in [0.15, 0.2) is 5.75 Å². The first-order valence-electron chi connectivity index (χ1n) is 11.0. The van der Waals surface area contributed by atoms with Crippen LogP contribution < -0.4 is 40.0 Å². The van der Waals surface area contributed by atoms with Gasteiger partial charge in [0.1, 0.15) is 32.6 Å². The second-order valence-corrected chi connectivity index (χ2v) is 10.9. The molecule has 42 heavy (non-hydrogen) atoms. The maximum Gasteiger partial charge on any atom is 1.00 e. The molecule has 0 aliphatic carbocycles. The van der Waals surface area contributed by atoms with E-state index < -0.39 is 57.8 Å². The van der Waals surface area contributed by atoms with Crippen molar-refractivity contribution < 1.29 is 70.3 Å². The SMILES string of the molecule is COc1ccccc1N=Nc1c(S(=O)(=O)O)cc2cc(S(=O)(=O)O)c(N=Nc3ccc([N+](=O)[O-])cc3)c(N)c2c1O.[Na+]. The van der Waals surface area contributed by atoms with Gasteiger partial charge in [-0.15, -0.1) is 15.3 Å². The molecule has 4 aromatic carbocycles. The van der Waals surface area contributed by atoms with Crippen molar-refractivity contribution in [3.8, 4) is 11.5 Å². The third-order valence-corrected chi connectivity index (χ3v) is 7.27. The van der Waals surface area contributed by atoms with Crippen molar-refractivity contribution in [2.75, 3.05) is 12.8 Å². The number of non-ortho nitro benzene ring substituents is 1. The average molecular weight is 626 g/mol. The molecule has 16 nitrogen and oxygen atoms in total. The third-order valence-electron chi connectivity index (χ3n) is 5.54. The number of phenolic OH excluding ortho intramolecular Hbond substituents is 1. The van der Waals surface area contributed by atoms with E-state index in [-0.39, 0.29) is 63.1 Å². The normalized spacial score (nSPS) is 12.1. The predicted molar refractivity (Wildman–Crippen MR) is 144 cm³/mol. The molecule has 4 aromatic rings. The number of rotatable bonds is 8. The molecule has 0 saturated carbocycles. The zero-order valence-electron chi connectivity index (χ0n) is 21.6. The number of hydrogen-bond donors (Lipinski definition) is 4. The van der Waals surface area contributed by atoms with Crippen molar-refractivity contribution in [2.45, 2.75) is 9.79 Å². The van der Waals surface area contributed by atoms with Gasteiger partial charge in [0.05, 0.1) is 28.8 Å². The number of nitrogens with two attached hydrogens (primary N) is 1. The summed E-state index contributed by atoms with van der Waals surface area (Å²) in [5, 5.41) is 36.5. The molecule has 0 aromatic heterocycles. The minimum absolute atomic E-state index is 0. The maximum atomic E-state index is 12.2. The predicted octanol–water partition coefficient (Wildman–Crippen LogP) is 2.37. The molecule has 19 heteroatoms. The van der Waals surface area contributed by atoms with E-state index in [0.717, 1.165) is 24.3 Å². The van der Waals surface area contributed by atoms with Gasteiger partial charge in [-0.1, -0.05) is 12.1 Å². The summed E-state index contributed by atoms with van der Waals surface area (Å²) < 4.78 is 73.5. The molecule has 0 unspecified atom stereocenters. The second-order valence-electron chi connectivity index (χ2n) is 8.10. The van der Waals surface area contributed by atoms with Crippen LogP contribution in [0.25, 0.3) is 10.8 Å². The van der Waals surface area contributed by atoms with Crippen LogP contribution in [0.1, 0.15) is 0 Å². The van der Waals surface area contributed by atoms with Gasteiger partial charge in [0.2, 0.25) is 0 Å². The molecular weight excluding hydrogens is 607 g/mol. The van der Waals surface area contributed by atoms with Gasteiger partial charge in [0.25, 0.3) is 25.9 Å². The summed E-state index contributed by atoms with van der Waals surface area (Å²) in [6.45, 7) is 0. The zero-order valence-corrected chi connectivity index (χ0v) is 25.2. The van der Waals surface area contributed by atoms with Crippen LogP contribution in [-0.4, -0.2) is 43.1 Å². The Balaban J connectivity index is 0.00000484. The standard InChI is InChI=1S/C23H18N6O10S2.Na/c1-39-16-5-3-2-4-15(16)26-28-22-18(41(36,37)38)11-12-10-17(40(33,34)35)21(20(24)19(12)23(22)30)27-25-13-6-8-14(9-7-13)29(31)32;/h2-11,30H,24H2,1H3,(H,33,34,35)(H,36,37,38);/q;+1. The minimum atomic E-state index is -5.08. The molecule has 0 aliphatic rings. The molecular formula is C23H18N6NaO10S2+. The Morgan fingerprint density at radius 2 is 1.40 bits per heavy atom. The van der Waals surface area contributed by atoms with E-state index in [9.17, 15) is 41.2 Å². The Bertz CT molecular complexity index is 1980. The number of nitrogens with zero attached hydrogens (tertiary/aromatic N) is 5. The van der Waals surface area contributed by atoms with E-state index in [0.29, 0.717) is 0 Å². The summed E-state index contributed by atoms with van der Waals surface area (Å²) in [5.41, 5.74) is 4.08. The van der Waals surface area contributed by atoms with Crippen LogP contribution in [0.3, 0.4) is 0 Å². The van der Waals surface area contributed by atoms with Crippen LogP contribution in [-0.2, 0) is 20.2 Å². The van der Waals surface area contributed by atoms with Gasteiger partial charge < -0.3 is 15.6 Å². The first-order valence-corrected chi connectivity index (χ1v) is 13.9. The summed E-state index contributed by atoms with van der Waals surface area (Å²) in [6, 6.07) is 12.4. The molecule has 0 saturated heterocycles. The van der Waals surface area contributed by atoms with E-state index in [2.05, 4.69) is 20.5 Å². The number of para-hydroxylation sites is 1. The Kier molecular flexibility index (Phi) is 9.63. The number of benzene rings is 4. The van der Waals surface area contributed by atoms with E-state index >= 15 is 0 Å². The molecule has 0 spiro atoms. The van der Waals surface area contributed by atoms with Crippen LogP contribution in [0.15, 0.2) is 90.9 Å². The topological polar surface area (TPSA) is 257 Å². The smallest absolute Gasteiger partial charge is 0.505 e. The van der Waals surface area contributed by atoms with Gasteiger partial charge in [-0.2, -0.15) is 21.9 Å². The van der Waals surface area contributed by atoms with Crippen LogP contribution in [0, 0.1) is 10.1 Å². The van der Waals surface area contributed by atoms with E-state index in [4.69, 9.17) is 10.5 Å². The molecule has 4 rings (SSSR count). The zero-order chi connectivity index (χ0) is 30.1. The molecule has 0 aliphatic heterocycles. The number of phenols is 1. The molecule has 0 radical (unpaired) electrons. The molecule has 0 bridgehead atoms. The van der Waals surface area contributed by atoms with Gasteiger partial charge >= 0.3 is 29.6 Å². The van der Waals surface area contributed by atoms with Crippen molar-refractivity contribution in [3.05, 3.63) is 70.8 Å². The molecule has 0 heterocycles. The number of aromatic hydroxyl groups is 1. The van der Waals surface area contributed by atoms with Crippen molar-refractivity contribution in [2.24, 2.45) is 20.5 Å². The number of methoxy groups -OCH3 is 1. The summed E-state index contributed by atoms with van der Waals surface area (Å²) >= 11 is 0. The number of azo groups is 2. The maximum absolute atomic E-state index is 12.2. The largest absolute Gasteiger partial charge is 1.00 e. The van der Waals surface area contributed by atoms with Gasteiger partial charge in [-0.3, -0.25) is 19.2 Å². The van der Waals surface area contributed by atoms with Gasteiger partial charge in [-0.25, -0.2) is 0 Å². The molecule has 0 amide bonds. The van der Waals surface area contributed by atoms with Gasteiger partial charge in [-0.05, 0) is 41.8 Å². The quantitative estimate of drug-likeness (QED) is 0.0552. The fourth-order valence-electron chi connectivity index (χ4n) is 3.67. The average Bonchev–Trinajstić information content (AvgIpc) is 2.90. The van der Waals surface area contributed by atoms with Crippen LogP contribution in [0.4, 0.5) is 34.1 Å². The molecule has 212 valence electrons. The number of hydrogen-bond acceptors (Lipinski definition) is 13. The number of anilines is 1. The number of ether oxygens (including phenoxy) is 1. The van der Waals surface area contributed by atoms with E-state index in [1.165, 1.54) is 31.4 Å². The molecule has 0 atom stereocenters. The fourth-order valence-corrected chi connectivity index (χ4v) is 5.00. The third kappa shape index (κ3) is 6.71.